The highest BCUT2D eigenvalue weighted by Gasteiger charge is 2.31. The molecule has 0 atom stereocenters. The molecule has 0 bridgehead atoms. The van der Waals surface area contributed by atoms with E-state index in [4.69, 9.17) is 0 Å². The second-order valence-corrected chi connectivity index (χ2v) is 9.48. The third-order valence-electron chi connectivity index (χ3n) is 5.41. The monoisotopic (exact) mass is 466 g/mol. The highest BCUT2D eigenvalue weighted by Crippen LogP contribution is 2.34. The number of amidine groups is 1. The summed E-state index contributed by atoms with van der Waals surface area (Å²) in [7, 11) is 4.08. The molecule has 2 aromatic rings. The van der Waals surface area contributed by atoms with E-state index >= 15 is 0 Å². The number of carbonyl (C=O) groups is 1. The minimum absolute atomic E-state index is 0.288. The molecule has 0 unspecified atom stereocenters. The fraction of sp³-hybridized carbons (Fsp3) is 0.381. The van der Waals surface area contributed by atoms with Gasteiger partial charge in [0.25, 0.3) is 5.91 Å². The number of likely N-dealkylation sites (tertiary alicyclic amines) is 1. The van der Waals surface area contributed by atoms with Gasteiger partial charge in [0.2, 0.25) is 0 Å². The van der Waals surface area contributed by atoms with Gasteiger partial charge in [-0.3, -0.25) is 4.79 Å². The van der Waals surface area contributed by atoms with Crippen LogP contribution in [0.3, 0.4) is 0 Å². The Morgan fingerprint density at radius 3 is 2.52 bits per heavy atom. The second-order valence-electron chi connectivity index (χ2n) is 7.61. The van der Waals surface area contributed by atoms with E-state index in [1.807, 2.05) is 7.05 Å². The van der Waals surface area contributed by atoms with Crippen molar-refractivity contribution in [2.75, 3.05) is 27.2 Å². The normalized spacial score (nSPS) is 19.8. The zero-order valence-electron chi connectivity index (χ0n) is 17.0. The standard InChI is InChI=1S/C21H21F3N4OS2/c1-27-9-7-16(8-10-27)28(2)20-26-18(29)17(31-20)11-15-12-30-19(25-15)13-3-5-14(6-4-13)21(22,23)24/h3-6,11-12,16H,7-10H2,1-2H3/b17-11+. The fourth-order valence-electron chi connectivity index (χ4n) is 3.51. The number of piperidine rings is 1. The summed E-state index contributed by atoms with van der Waals surface area (Å²) in [5.41, 5.74) is 0.502. The molecule has 4 rings (SSSR count). The summed E-state index contributed by atoms with van der Waals surface area (Å²) in [4.78, 5) is 25.9. The summed E-state index contributed by atoms with van der Waals surface area (Å²) in [6, 6.07) is 5.27. The van der Waals surface area contributed by atoms with Crippen molar-refractivity contribution in [3.63, 3.8) is 0 Å². The summed E-state index contributed by atoms with van der Waals surface area (Å²) in [5, 5.41) is 3.08. The van der Waals surface area contributed by atoms with Gasteiger partial charge in [0.1, 0.15) is 5.01 Å². The van der Waals surface area contributed by atoms with Crippen LogP contribution in [-0.4, -0.2) is 59.1 Å². The number of thioether (sulfide) groups is 1. The number of alkyl halides is 3. The average molecular weight is 467 g/mol. The van der Waals surface area contributed by atoms with Crippen LogP contribution in [0.4, 0.5) is 13.2 Å². The number of hydrogen-bond acceptors (Lipinski definition) is 6. The van der Waals surface area contributed by atoms with Gasteiger partial charge in [-0.1, -0.05) is 12.1 Å². The lowest BCUT2D eigenvalue weighted by Gasteiger charge is -2.35. The van der Waals surface area contributed by atoms with Crippen molar-refractivity contribution in [3.05, 3.63) is 45.8 Å². The summed E-state index contributed by atoms with van der Waals surface area (Å²) >= 11 is 2.66. The molecule has 1 aromatic carbocycles. The molecule has 2 aliphatic rings. The molecule has 10 heteroatoms. The van der Waals surface area contributed by atoms with Crippen molar-refractivity contribution in [1.29, 1.82) is 0 Å². The molecule has 1 fully saturated rings. The molecule has 1 amide bonds. The van der Waals surface area contributed by atoms with Crippen LogP contribution in [0.1, 0.15) is 24.1 Å². The maximum absolute atomic E-state index is 12.7. The van der Waals surface area contributed by atoms with Gasteiger partial charge >= 0.3 is 6.18 Å². The molecule has 0 N–H and O–H groups in total. The fourth-order valence-corrected chi connectivity index (χ4v) is 5.22. The van der Waals surface area contributed by atoms with Crippen molar-refractivity contribution in [2.24, 2.45) is 4.99 Å². The van der Waals surface area contributed by atoms with E-state index in [-0.39, 0.29) is 5.91 Å². The van der Waals surface area contributed by atoms with Crippen molar-refractivity contribution in [2.45, 2.75) is 25.1 Å². The van der Waals surface area contributed by atoms with Crippen LogP contribution in [-0.2, 0) is 11.0 Å². The Morgan fingerprint density at radius 1 is 1.19 bits per heavy atom. The predicted molar refractivity (Wildman–Crippen MR) is 119 cm³/mol. The molecule has 5 nitrogen and oxygen atoms in total. The molecular formula is C21H21F3N4OS2. The van der Waals surface area contributed by atoms with Gasteiger partial charge in [-0.05, 0) is 62.9 Å². The van der Waals surface area contributed by atoms with Gasteiger partial charge in [-0.15, -0.1) is 11.3 Å². The molecule has 0 aliphatic carbocycles. The molecule has 0 spiro atoms. The Balaban J connectivity index is 1.44. The van der Waals surface area contributed by atoms with E-state index in [1.54, 1.807) is 11.5 Å². The number of rotatable bonds is 3. The Morgan fingerprint density at radius 2 is 1.87 bits per heavy atom. The Bertz CT molecular complexity index is 1020. The second kappa shape index (κ2) is 8.76. The smallest absolute Gasteiger partial charge is 0.351 e. The maximum atomic E-state index is 12.7. The first-order valence-electron chi connectivity index (χ1n) is 9.78. The summed E-state index contributed by atoms with van der Waals surface area (Å²) < 4.78 is 38.2. The Labute approximate surface area is 186 Å². The van der Waals surface area contributed by atoms with Gasteiger partial charge < -0.3 is 9.80 Å². The number of carbonyl (C=O) groups excluding carboxylic acids is 1. The van der Waals surface area contributed by atoms with Gasteiger partial charge in [-0.25, -0.2) is 4.98 Å². The van der Waals surface area contributed by atoms with E-state index < -0.39 is 11.7 Å². The third kappa shape index (κ3) is 5.02. The number of hydrogen-bond donors (Lipinski definition) is 0. The highest BCUT2D eigenvalue weighted by atomic mass is 32.2. The van der Waals surface area contributed by atoms with Crippen molar-refractivity contribution in [3.8, 4) is 10.6 Å². The average Bonchev–Trinajstić information content (AvgIpc) is 3.35. The molecule has 1 saturated heterocycles. The lowest BCUT2D eigenvalue weighted by Crippen LogP contribution is -2.43. The molecule has 1 aromatic heterocycles. The van der Waals surface area contributed by atoms with Crippen LogP contribution in [0.5, 0.6) is 0 Å². The summed E-state index contributed by atoms with van der Waals surface area (Å²) in [6.45, 7) is 2.05. The minimum Gasteiger partial charge on any atom is -0.351 e. The molecule has 0 saturated carbocycles. The first kappa shape index (κ1) is 22.0. The lowest BCUT2D eigenvalue weighted by molar-refractivity contribution is -0.137. The van der Waals surface area contributed by atoms with Crippen LogP contribution in [0.25, 0.3) is 16.6 Å². The molecule has 0 radical (unpaired) electrons. The van der Waals surface area contributed by atoms with Gasteiger partial charge in [0.15, 0.2) is 5.17 Å². The number of aliphatic imine (C=N–C) groups is 1. The van der Waals surface area contributed by atoms with Crippen LogP contribution < -0.4 is 0 Å². The number of halogens is 3. The van der Waals surface area contributed by atoms with Crippen LogP contribution >= 0.6 is 23.1 Å². The number of nitrogens with zero attached hydrogens (tertiary/aromatic N) is 4. The summed E-state index contributed by atoms with van der Waals surface area (Å²) in [5.74, 6) is -0.288. The van der Waals surface area contributed by atoms with Gasteiger partial charge in [0, 0.05) is 24.0 Å². The predicted octanol–water partition coefficient (Wildman–Crippen LogP) is 4.83. The zero-order valence-corrected chi connectivity index (χ0v) is 18.7. The highest BCUT2D eigenvalue weighted by molar-refractivity contribution is 8.18. The van der Waals surface area contributed by atoms with Crippen molar-refractivity contribution < 1.29 is 18.0 Å². The number of amides is 1. The van der Waals surface area contributed by atoms with Crippen LogP contribution in [0, 0.1) is 0 Å². The van der Waals surface area contributed by atoms with Gasteiger partial charge in [0.05, 0.1) is 16.2 Å². The SMILES string of the molecule is CN1CCC(N(C)C2=NC(=O)/C(=C\c3csc(-c4ccc(C(F)(F)F)cc4)n3)S2)CC1. The largest absolute Gasteiger partial charge is 0.416 e. The van der Waals surface area contributed by atoms with Crippen molar-refractivity contribution >= 4 is 40.2 Å². The first-order chi connectivity index (χ1) is 14.7. The zero-order chi connectivity index (χ0) is 22.2. The molecule has 2 aliphatic heterocycles. The van der Waals surface area contributed by atoms with E-state index in [1.165, 1.54) is 35.2 Å². The topological polar surface area (TPSA) is 48.8 Å². The van der Waals surface area contributed by atoms with Crippen LogP contribution in [0.15, 0.2) is 39.5 Å². The number of benzene rings is 1. The molecular weight excluding hydrogens is 445 g/mol. The first-order valence-corrected chi connectivity index (χ1v) is 11.5. The molecule has 164 valence electrons. The van der Waals surface area contributed by atoms with E-state index in [9.17, 15) is 18.0 Å². The third-order valence-corrected chi connectivity index (χ3v) is 7.39. The number of aromatic nitrogens is 1. The van der Waals surface area contributed by atoms with Gasteiger partial charge in [-0.2, -0.15) is 18.2 Å². The minimum atomic E-state index is -4.37. The Kier molecular flexibility index (Phi) is 6.23. The van der Waals surface area contributed by atoms with E-state index in [0.29, 0.717) is 32.4 Å². The number of thiazole rings is 1. The quantitative estimate of drug-likeness (QED) is 0.607. The lowest BCUT2D eigenvalue weighted by atomic mass is 10.1. The maximum Gasteiger partial charge on any atom is 0.416 e. The van der Waals surface area contributed by atoms with Crippen LogP contribution in [0.2, 0.25) is 0 Å². The van der Waals surface area contributed by atoms with E-state index in [0.717, 1.165) is 38.1 Å². The Hall–Kier alpha value is -2.17. The summed E-state index contributed by atoms with van der Waals surface area (Å²) in [6.07, 6.45) is -0.615. The molecule has 31 heavy (non-hydrogen) atoms. The van der Waals surface area contributed by atoms with Crippen molar-refractivity contribution in [1.82, 2.24) is 14.8 Å². The molecule has 3 heterocycles. The van der Waals surface area contributed by atoms with E-state index in [2.05, 4.69) is 26.8 Å².